The van der Waals surface area contributed by atoms with Crippen molar-refractivity contribution < 1.29 is 4.39 Å². The summed E-state index contributed by atoms with van der Waals surface area (Å²) in [6.45, 7) is 1.81. The average Bonchev–Trinajstić information content (AvgIpc) is 2.29. The fourth-order valence-corrected chi connectivity index (χ4v) is 2.40. The van der Waals surface area contributed by atoms with Crippen molar-refractivity contribution in [1.82, 2.24) is 4.90 Å². The summed E-state index contributed by atoms with van der Waals surface area (Å²) in [7, 11) is 4.20. The van der Waals surface area contributed by atoms with Crippen LogP contribution in [0.2, 0.25) is 0 Å². The summed E-state index contributed by atoms with van der Waals surface area (Å²) in [6.07, 6.45) is 2.16. The Kier molecular flexibility index (Phi) is 3.52. The topological polar surface area (TPSA) is 32.5 Å². The Morgan fingerprint density at radius 2 is 1.94 bits per heavy atom. The number of piperidine rings is 1. The van der Waals surface area contributed by atoms with Crippen molar-refractivity contribution in [2.75, 3.05) is 37.8 Å². The Labute approximate surface area is 102 Å². The van der Waals surface area contributed by atoms with E-state index in [0.29, 0.717) is 17.4 Å². The number of nitrogens with two attached hydrogens (primary N) is 1. The summed E-state index contributed by atoms with van der Waals surface area (Å²) in [5, 5.41) is 0. The number of rotatable bonds is 2. The minimum absolute atomic E-state index is 0.215. The van der Waals surface area contributed by atoms with Crippen LogP contribution in [0.4, 0.5) is 15.8 Å². The van der Waals surface area contributed by atoms with Gasteiger partial charge in [0.15, 0.2) is 0 Å². The Hall–Kier alpha value is -1.29. The van der Waals surface area contributed by atoms with Gasteiger partial charge in [0.1, 0.15) is 5.82 Å². The molecule has 1 saturated heterocycles. The van der Waals surface area contributed by atoms with E-state index in [2.05, 4.69) is 23.9 Å². The van der Waals surface area contributed by atoms with Gasteiger partial charge in [-0.05, 0) is 45.1 Å². The molecule has 1 aliphatic rings. The van der Waals surface area contributed by atoms with Crippen LogP contribution in [-0.2, 0) is 0 Å². The largest absolute Gasteiger partial charge is 0.399 e. The fraction of sp³-hybridized carbons (Fsp3) is 0.538. The minimum atomic E-state index is -0.215. The summed E-state index contributed by atoms with van der Waals surface area (Å²) in [6, 6.07) is 5.55. The fourth-order valence-electron chi connectivity index (χ4n) is 2.40. The molecule has 2 N–H and O–H groups in total. The molecule has 1 heterocycles. The third kappa shape index (κ3) is 2.69. The van der Waals surface area contributed by atoms with Gasteiger partial charge in [0.2, 0.25) is 0 Å². The zero-order chi connectivity index (χ0) is 12.4. The van der Waals surface area contributed by atoms with Crippen LogP contribution in [0, 0.1) is 5.82 Å². The van der Waals surface area contributed by atoms with E-state index in [-0.39, 0.29) is 5.82 Å². The van der Waals surface area contributed by atoms with Gasteiger partial charge < -0.3 is 15.5 Å². The molecular formula is C13H20FN3. The van der Waals surface area contributed by atoms with E-state index in [1.54, 1.807) is 12.1 Å². The van der Waals surface area contributed by atoms with Gasteiger partial charge in [-0.15, -0.1) is 0 Å². The Balaban J connectivity index is 2.05. The third-order valence-corrected chi connectivity index (χ3v) is 3.51. The number of halogens is 1. The molecule has 3 nitrogen and oxygen atoms in total. The highest BCUT2D eigenvalue weighted by atomic mass is 19.1. The van der Waals surface area contributed by atoms with Gasteiger partial charge in [0.25, 0.3) is 0 Å². The zero-order valence-electron chi connectivity index (χ0n) is 10.5. The molecule has 94 valence electrons. The molecule has 0 atom stereocenters. The highest BCUT2D eigenvalue weighted by Gasteiger charge is 2.22. The molecule has 0 bridgehead atoms. The van der Waals surface area contributed by atoms with Crippen molar-refractivity contribution in [3.8, 4) is 0 Å². The number of nitrogens with zero attached hydrogens (tertiary/aromatic N) is 2. The van der Waals surface area contributed by atoms with Crippen molar-refractivity contribution in [2.24, 2.45) is 0 Å². The molecule has 2 rings (SSSR count). The summed E-state index contributed by atoms with van der Waals surface area (Å²) >= 11 is 0. The van der Waals surface area contributed by atoms with Gasteiger partial charge in [-0.2, -0.15) is 0 Å². The second kappa shape index (κ2) is 4.92. The molecule has 0 amide bonds. The molecule has 0 aromatic heterocycles. The first-order valence-electron chi connectivity index (χ1n) is 6.04. The van der Waals surface area contributed by atoms with Crippen LogP contribution in [0.5, 0.6) is 0 Å². The maximum absolute atomic E-state index is 13.8. The monoisotopic (exact) mass is 237 g/mol. The van der Waals surface area contributed by atoms with Gasteiger partial charge in [0.05, 0.1) is 5.69 Å². The quantitative estimate of drug-likeness (QED) is 0.798. The van der Waals surface area contributed by atoms with E-state index in [9.17, 15) is 4.39 Å². The lowest BCUT2D eigenvalue weighted by Crippen LogP contribution is -2.42. The molecule has 0 radical (unpaired) electrons. The first-order valence-corrected chi connectivity index (χ1v) is 6.04. The van der Waals surface area contributed by atoms with Gasteiger partial charge in [-0.3, -0.25) is 0 Å². The van der Waals surface area contributed by atoms with E-state index in [1.165, 1.54) is 6.07 Å². The lowest BCUT2D eigenvalue weighted by atomic mass is 10.0. The Bertz CT molecular complexity index is 384. The van der Waals surface area contributed by atoms with Crippen LogP contribution in [0.3, 0.4) is 0 Å². The maximum Gasteiger partial charge on any atom is 0.148 e. The second-order valence-corrected chi connectivity index (χ2v) is 4.89. The maximum atomic E-state index is 13.8. The van der Waals surface area contributed by atoms with Crippen LogP contribution in [0.1, 0.15) is 12.8 Å². The SMILES string of the molecule is CN(C)C1CCN(c2ccc(N)cc2F)CC1. The highest BCUT2D eigenvalue weighted by Crippen LogP contribution is 2.25. The molecule has 1 aromatic rings. The van der Waals surface area contributed by atoms with Gasteiger partial charge in [-0.1, -0.05) is 0 Å². The molecule has 0 saturated carbocycles. The van der Waals surface area contributed by atoms with E-state index in [4.69, 9.17) is 5.73 Å². The molecule has 0 unspecified atom stereocenters. The van der Waals surface area contributed by atoms with Crippen LogP contribution >= 0.6 is 0 Å². The third-order valence-electron chi connectivity index (χ3n) is 3.51. The molecule has 4 heteroatoms. The Morgan fingerprint density at radius 3 is 2.47 bits per heavy atom. The summed E-state index contributed by atoms with van der Waals surface area (Å²) in [5.74, 6) is -0.215. The standard InChI is InChI=1S/C13H20FN3/c1-16(2)11-5-7-17(8-6-11)13-4-3-10(15)9-12(13)14/h3-4,9,11H,5-8,15H2,1-2H3. The van der Waals surface area contributed by atoms with Crippen LogP contribution in [0.25, 0.3) is 0 Å². The van der Waals surface area contributed by atoms with Crippen molar-refractivity contribution in [2.45, 2.75) is 18.9 Å². The predicted molar refractivity (Wildman–Crippen MR) is 69.7 cm³/mol. The van der Waals surface area contributed by atoms with E-state index >= 15 is 0 Å². The average molecular weight is 237 g/mol. The molecule has 0 aliphatic carbocycles. The van der Waals surface area contributed by atoms with Crippen molar-refractivity contribution >= 4 is 11.4 Å². The molecule has 1 aromatic carbocycles. The lowest BCUT2D eigenvalue weighted by Gasteiger charge is -2.36. The van der Waals surface area contributed by atoms with E-state index < -0.39 is 0 Å². The molecule has 1 fully saturated rings. The van der Waals surface area contributed by atoms with Crippen LogP contribution in [0.15, 0.2) is 18.2 Å². The second-order valence-electron chi connectivity index (χ2n) is 4.89. The number of hydrogen-bond donors (Lipinski definition) is 1. The summed E-state index contributed by atoms with van der Waals surface area (Å²) < 4.78 is 13.8. The number of nitrogen functional groups attached to an aromatic ring is 1. The summed E-state index contributed by atoms with van der Waals surface area (Å²) in [5.41, 5.74) is 6.71. The summed E-state index contributed by atoms with van der Waals surface area (Å²) in [4.78, 5) is 4.35. The molecule has 17 heavy (non-hydrogen) atoms. The predicted octanol–water partition coefficient (Wildman–Crippen LogP) is 1.94. The molecule has 1 aliphatic heterocycles. The van der Waals surface area contributed by atoms with Crippen molar-refractivity contribution in [3.63, 3.8) is 0 Å². The molecule has 0 spiro atoms. The van der Waals surface area contributed by atoms with Crippen LogP contribution in [-0.4, -0.2) is 38.1 Å². The minimum Gasteiger partial charge on any atom is -0.399 e. The van der Waals surface area contributed by atoms with Crippen molar-refractivity contribution in [1.29, 1.82) is 0 Å². The van der Waals surface area contributed by atoms with Gasteiger partial charge in [-0.25, -0.2) is 4.39 Å². The van der Waals surface area contributed by atoms with Gasteiger partial charge >= 0.3 is 0 Å². The zero-order valence-corrected chi connectivity index (χ0v) is 10.5. The van der Waals surface area contributed by atoms with Gasteiger partial charge in [0, 0.05) is 24.8 Å². The highest BCUT2D eigenvalue weighted by molar-refractivity contribution is 5.54. The normalized spacial score (nSPS) is 17.8. The van der Waals surface area contributed by atoms with Crippen molar-refractivity contribution in [3.05, 3.63) is 24.0 Å². The Morgan fingerprint density at radius 1 is 1.29 bits per heavy atom. The smallest absolute Gasteiger partial charge is 0.148 e. The number of benzene rings is 1. The van der Waals surface area contributed by atoms with E-state index in [1.807, 2.05) is 0 Å². The lowest BCUT2D eigenvalue weighted by molar-refractivity contribution is 0.249. The number of anilines is 2. The van der Waals surface area contributed by atoms with E-state index in [0.717, 1.165) is 25.9 Å². The first kappa shape index (κ1) is 12.2. The number of hydrogen-bond acceptors (Lipinski definition) is 3. The first-order chi connectivity index (χ1) is 8.08. The molecular weight excluding hydrogens is 217 g/mol. The van der Waals surface area contributed by atoms with Crippen LogP contribution < -0.4 is 10.6 Å².